The molecular weight excluding hydrogens is 372 g/mol. The van der Waals surface area contributed by atoms with Crippen molar-refractivity contribution in [3.05, 3.63) is 27.3 Å². The smallest absolute Gasteiger partial charge is 0.160 e. The number of aryl methyl sites for hydroxylation is 1. The van der Waals surface area contributed by atoms with E-state index in [0.717, 1.165) is 15.6 Å². The lowest BCUT2D eigenvalue weighted by molar-refractivity contribution is -0.0328. The highest BCUT2D eigenvalue weighted by molar-refractivity contribution is 14.1. The molecule has 0 heterocycles. The van der Waals surface area contributed by atoms with Crippen LogP contribution in [0.5, 0.6) is 0 Å². The lowest BCUT2D eigenvalue weighted by atomic mass is 10.1. The van der Waals surface area contributed by atoms with Crippen molar-refractivity contribution in [3.8, 4) is 0 Å². The van der Waals surface area contributed by atoms with Crippen LogP contribution in [0.3, 0.4) is 0 Å². The molecule has 0 aliphatic rings. The second kappa shape index (κ2) is 6.35. The molecule has 0 bridgehead atoms. The molecule has 0 aromatic heterocycles. The van der Waals surface area contributed by atoms with E-state index in [9.17, 15) is 13.2 Å². The largest absolute Gasteiger partial charge is 0.446 e. The highest BCUT2D eigenvalue weighted by atomic mass is 127. The molecule has 16 heavy (non-hydrogen) atoms. The van der Waals surface area contributed by atoms with Gasteiger partial charge < -0.3 is 0 Å². The van der Waals surface area contributed by atoms with Gasteiger partial charge in [0.1, 0.15) is 0 Å². The maximum absolute atomic E-state index is 12.2. The van der Waals surface area contributed by atoms with E-state index in [1.54, 1.807) is 6.07 Å². The third-order valence-corrected chi connectivity index (χ3v) is 3.36. The minimum Gasteiger partial charge on any atom is -0.160 e. The summed E-state index contributed by atoms with van der Waals surface area (Å²) in [7, 11) is 0. The minimum absolute atomic E-state index is 0.0753. The molecule has 0 aliphatic carbocycles. The van der Waals surface area contributed by atoms with Gasteiger partial charge in [0.05, 0.1) is 0 Å². The molecule has 0 nitrogen and oxygen atoms in total. The van der Waals surface area contributed by atoms with Gasteiger partial charge in [0, 0.05) is 14.3 Å². The van der Waals surface area contributed by atoms with Crippen LogP contribution in [0.2, 0.25) is 0 Å². The van der Waals surface area contributed by atoms with Crippen LogP contribution in [-0.4, -0.2) is 11.4 Å². The summed E-state index contributed by atoms with van der Waals surface area (Å²) >= 11 is 7.50. The molecule has 6 heteroatoms. The van der Waals surface area contributed by atoms with Crippen molar-refractivity contribution in [2.75, 3.05) is 5.88 Å². The number of hydrogen-bond donors (Lipinski definition) is 0. The first-order valence-corrected chi connectivity index (χ1v) is 6.95. The predicted octanol–water partition coefficient (Wildman–Crippen LogP) is 5.07. The van der Waals surface area contributed by atoms with Crippen molar-refractivity contribution < 1.29 is 13.2 Å². The van der Waals surface area contributed by atoms with Crippen molar-refractivity contribution in [2.45, 2.75) is 23.2 Å². The predicted molar refractivity (Wildman–Crippen MR) is 70.1 cm³/mol. The first-order valence-electron chi connectivity index (χ1n) is 4.52. The summed E-state index contributed by atoms with van der Waals surface area (Å²) in [5.41, 5.74) is -3.33. The SMILES string of the molecule is FC(F)(F)Sc1cc(I)cc(CCCCl)c1. The highest BCUT2D eigenvalue weighted by Gasteiger charge is 2.29. The Labute approximate surface area is 115 Å². The van der Waals surface area contributed by atoms with E-state index >= 15 is 0 Å². The Morgan fingerprint density at radius 2 is 1.94 bits per heavy atom. The normalized spacial score (nSPS) is 11.8. The van der Waals surface area contributed by atoms with E-state index in [0.29, 0.717) is 12.3 Å². The van der Waals surface area contributed by atoms with Crippen LogP contribution in [0.1, 0.15) is 12.0 Å². The molecule has 0 fully saturated rings. The Morgan fingerprint density at radius 3 is 2.50 bits per heavy atom. The average molecular weight is 381 g/mol. The van der Waals surface area contributed by atoms with Crippen LogP contribution >= 0.6 is 46.0 Å². The van der Waals surface area contributed by atoms with Crippen LogP contribution < -0.4 is 0 Å². The molecule has 0 aliphatic heterocycles. The zero-order valence-corrected chi connectivity index (χ0v) is 11.9. The Kier molecular flexibility index (Phi) is 5.73. The second-order valence-electron chi connectivity index (χ2n) is 3.14. The third-order valence-electron chi connectivity index (χ3n) is 1.76. The lowest BCUT2D eigenvalue weighted by Gasteiger charge is -2.08. The Morgan fingerprint density at radius 1 is 1.25 bits per heavy atom. The van der Waals surface area contributed by atoms with Gasteiger partial charge in [0.15, 0.2) is 0 Å². The van der Waals surface area contributed by atoms with Crippen LogP contribution in [-0.2, 0) is 6.42 Å². The Hall–Kier alpha value is 0.380. The van der Waals surface area contributed by atoms with Crippen LogP contribution in [0.4, 0.5) is 13.2 Å². The van der Waals surface area contributed by atoms with Gasteiger partial charge in [0.25, 0.3) is 0 Å². The molecule has 0 N–H and O–H groups in total. The Balaban J connectivity index is 2.81. The fourth-order valence-corrected chi connectivity index (χ4v) is 2.97. The molecular formula is C10H9ClF3IS. The fourth-order valence-electron chi connectivity index (χ4n) is 1.23. The number of hydrogen-bond acceptors (Lipinski definition) is 1. The summed E-state index contributed by atoms with van der Waals surface area (Å²) in [6.45, 7) is 0. The highest BCUT2D eigenvalue weighted by Crippen LogP contribution is 2.37. The first-order chi connectivity index (χ1) is 7.40. The zero-order valence-electron chi connectivity index (χ0n) is 8.15. The summed E-state index contributed by atoms with van der Waals surface area (Å²) < 4.78 is 37.4. The number of benzene rings is 1. The topological polar surface area (TPSA) is 0 Å². The lowest BCUT2D eigenvalue weighted by Crippen LogP contribution is -1.99. The first kappa shape index (κ1) is 14.4. The van der Waals surface area contributed by atoms with Gasteiger partial charge in [-0.15, -0.1) is 11.6 Å². The third kappa shape index (κ3) is 5.63. The fraction of sp³-hybridized carbons (Fsp3) is 0.400. The van der Waals surface area contributed by atoms with Crippen molar-refractivity contribution in [1.29, 1.82) is 0 Å². The molecule has 0 atom stereocenters. The molecule has 90 valence electrons. The molecule has 0 unspecified atom stereocenters. The standard InChI is InChI=1S/C10H9ClF3IS/c11-3-1-2-7-4-8(15)6-9(5-7)16-10(12,13)14/h4-6H,1-3H2. The van der Waals surface area contributed by atoms with Gasteiger partial charge in [-0.25, -0.2) is 0 Å². The van der Waals surface area contributed by atoms with Gasteiger partial charge in [-0.05, 0) is 71.0 Å². The van der Waals surface area contributed by atoms with Crippen LogP contribution in [0.25, 0.3) is 0 Å². The van der Waals surface area contributed by atoms with Crippen molar-refractivity contribution in [2.24, 2.45) is 0 Å². The van der Waals surface area contributed by atoms with E-state index < -0.39 is 5.51 Å². The van der Waals surface area contributed by atoms with Crippen LogP contribution in [0, 0.1) is 3.57 Å². The summed E-state index contributed by atoms with van der Waals surface area (Å²) in [5.74, 6) is 0.521. The molecule has 0 saturated heterocycles. The second-order valence-corrected chi connectivity index (χ2v) is 5.90. The quantitative estimate of drug-likeness (QED) is 0.399. The summed E-state index contributed by atoms with van der Waals surface area (Å²) in [5, 5.41) is 0. The maximum atomic E-state index is 12.2. The molecule has 1 aromatic carbocycles. The molecule has 1 rings (SSSR count). The van der Waals surface area contributed by atoms with E-state index in [2.05, 4.69) is 0 Å². The molecule has 0 amide bonds. The van der Waals surface area contributed by atoms with Crippen molar-refractivity contribution >= 4 is 46.0 Å². The number of rotatable bonds is 4. The van der Waals surface area contributed by atoms with Gasteiger partial charge in [-0.3, -0.25) is 0 Å². The maximum Gasteiger partial charge on any atom is 0.446 e. The number of alkyl halides is 4. The van der Waals surface area contributed by atoms with E-state index in [4.69, 9.17) is 11.6 Å². The summed E-state index contributed by atoms with van der Waals surface area (Å²) in [6.07, 6.45) is 1.49. The average Bonchev–Trinajstić information content (AvgIpc) is 2.10. The summed E-state index contributed by atoms with van der Waals surface area (Å²) in [6, 6.07) is 4.99. The van der Waals surface area contributed by atoms with E-state index in [1.807, 2.05) is 28.7 Å². The van der Waals surface area contributed by atoms with E-state index in [-0.39, 0.29) is 16.7 Å². The van der Waals surface area contributed by atoms with Crippen molar-refractivity contribution in [3.63, 3.8) is 0 Å². The van der Waals surface area contributed by atoms with Crippen LogP contribution in [0.15, 0.2) is 23.1 Å². The minimum atomic E-state index is -4.23. The molecule has 0 radical (unpaired) electrons. The number of thioether (sulfide) groups is 1. The molecule has 0 spiro atoms. The van der Waals surface area contributed by atoms with Gasteiger partial charge >= 0.3 is 5.51 Å². The summed E-state index contributed by atoms with van der Waals surface area (Å²) in [4.78, 5) is 0.240. The molecule has 0 saturated carbocycles. The van der Waals surface area contributed by atoms with Gasteiger partial charge in [0.2, 0.25) is 0 Å². The molecule has 1 aromatic rings. The van der Waals surface area contributed by atoms with Gasteiger partial charge in [-0.1, -0.05) is 0 Å². The van der Waals surface area contributed by atoms with Crippen molar-refractivity contribution in [1.82, 2.24) is 0 Å². The monoisotopic (exact) mass is 380 g/mol. The van der Waals surface area contributed by atoms with Gasteiger partial charge in [-0.2, -0.15) is 13.2 Å². The Bertz CT molecular complexity index is 354. The zero-order chi connectivity index (χ0) is 12.2. The number of halogens is 5. The van der Waals surface area contributed by atoms with E-state index in [1.165, 1.54) is 6.07 Å².